The molecule has 1 fully saturated rings. The number of carbonyl (C=O) groups is 1. The van der Waals surface area contributed by atoms with Crippen molar-refractivity contribution in [3.8, 4) is 5.82 Å². The van der Waals surface area contributed by atoms with E-state index >= 15 is 0 Å². The first kappa shape index (κ1) is 17.3. The highest BCUT2D eigenvalue weighted by atomic mass is 16.2. The number of amides is 2. The van der Waals surface area contributed by atoms with Crippen molar-refractivity contribution < 1.29 is 4.79 Å². The molecule has 25 heavy (non-hydrogen) atoms. The normalized spacial score (nSPS) is 18.0. The van der Waals surface area contributed by atoms with Gasteiger partial charge in [0.25, 0.3) is 0 Å². The van der Waals surface area contributed by atoms with Gasteiger partial charge in [0.15, 0.2) is 5.82 Å². The van der Waals surface area contributed by atoms with Gasteiger partial charge in [0, 0.05) is 32.4 Å². The van der Waals surface area contributed by atoms with E-state index in [0.29, 0.717) is 18.9 Å². The van der Waals surface area contributed by atoms with E-state index in [9.17, 15) is 4.79 Å². The Balaban J connectivity index is 1.36. The maximum atomic E-state index is 11.9. The molecule has 1 aliphatic rings. The van der Waals surface area contributed by atoms with Crippen molar-refractivity contribution >= 4 is 6.03 Å². The molecule has 0 aliphatic carbocycles. The molecule has 0 radical (unpaired) electrons. The second-order valence-corrected chi connectivity index (χ2v) is 6.52. The Morgan fingerprint density at radius 3 is 3.00 bits per heavy atom. The van der Waals surface area contributed by atoms with E-state index in [1.807, 2.05) is 12.1 Å². The number of nitrogens with zero attached hydrogens (tertiary/aromatic N) is 5. The van der Waals surface area contributed by atoms with Crippen LogP contribution >= 0.6 is 0 Å². The fourth-order valence-corrected chi connectivity index (χ4v) is 3.05. The molecule has 3 heterocycles. The van der Waals surface area contributed by atoms with Gasteiger partial charge >= 0.3 is 6.03 Å². The van der Waals surface area contributed by atoms with E-state index in [1.54, 1.807) is 17.2 Å². The topological polar surface area (TPSA) is 88.0 Å². The highest BCUT2D eigenvalue weighted by molar-refractivity contribution is 5.73. The van der Waals surface area contributed by atoms with Crippen LogP contribution in [0.1, 0.15) is 25.3 Å². The third-order valence-electron chi connectivity index (χ3n) is 4.37. The number of urea groups is 1. The first-order valence-corrected chi connectivity index (χ1v) is 8.74. The molecular formula is C17H25N7O. The number of carbonyl (C=O) groups excluding carboxylic acids is 1. The number of aromatic nitrogens is 4. The van der Waals surface area contributed by atoms with Gasteiger partial charge in [0.2, 0.25) is 0 Å². The maximum absolute atomic E-state index is 11.9. The summed E-state index contributed by atoms with van der Waals surface area (Å²) in [6.45, 7) is 6.57. The highest BCUT2D eigenvalue weighted by Crippen LogP contribution is 2.14. The van der Waals surface area contributed by atoms with Gasteiger partial charge in [-0.25, -0.2) is 19.4 Å². The predicted octanol–water partition coefficient (Wildman–Crippen LogP) is 1.19. The Hall–Kier alpha value is -2.48. The zero-order valence-electron chi connectivity index (χ0n) is 14.6. The van der Waals surface area contributed by atoms with Gasteiger partial charge < -0.3 is 15.5 Å². The van der Waals surface area contributed by atoms with Gasteiger partial charge in [-0.1, -0.05) is 13.0 Å². The van der Waals surface area contributed by atoms with Crippen LogP contribution in [0.4, 0.5) is 4.79 Å². The third kappa shape index (κ3) is 5.25. The fourth-order valence-electron chi connectivity index (χ4n) is 3.05. The van der Waals surface area contributed by atoms with Crippen molar-refractivity contribution in [2.75, 3.05) is 26.2 Å². The van der Waals surface area contributed by atoms with Crippen molar-refractivity contribution in [3.05, 3.63) is 36.5 Å². The van der Waals surface area contributed by atoms with E-state index in [4.69, 9.17) is 0 Å². The van der Waals surface area contributed by atoms with E-state index in [-0.39, 0.29) is 6.03 Å². The Morgan fingerprint density at radius 2 is 2.28 bits per heavy atom. The summed E-state index contributed by atoms with van der Waals surface area (Å²) in [6, 6.07) is 3.62. The van der Waals surface area contributed by atoms with E-state index in [2.05, 4.69) is 37.5 Å². The second kappa shape index (κ2) is 8.57. The SMILES string of the molecule is C[C@H]1CCCN(CCNC(=O)NCc2ccc(-n3cncn3)nc2)C1. The Morgan fingerprint density at radius 1 is 1.36 bits per heavy atom. The van der Waals surface area contributed by atoms with Gasteiger partial charge in [-0.05, 0) is 36.9 Å². The molecule has 1 saturated heterocycles. The average molecular weight is 343 g/mol. The molecule has 1 atom stereocenters. The van der Waals surface area contributed by atoms with Crippen LogP contribution in [-0.4, -0.2) is 56.9 Å². The molecule has 0 bridgehead atoms. The minimum Gasteiger partial charge on any atom is -0.337 e. The molecule has 2 amide bonds. The van der Waals surface area contributed by atoms with Crippen LogP contribution in [0.3, 0.4) is 0 Å². The van der Waals surface area contributed by atoms with Crippen molar-refractivity contribution in [2.45, 2.75) is 26.3 Å². The molecule has 2 aromatic heterocycles. The molecular weight excluding hydrogens is 318 g/mol. The van der Waals surface area contributed by atoms with Gasteiger partial charge in [-0.15, -0.1) is 0 Å². The Labute approximate surface area is 147 Å². The molecule has 0 aromatic carbocycles. The first-order valence-electron chi connectivity index (χ1n) is 8.74. The third-order valence-corrected chi connectivity index (χ3v) is 4.37. The largest absolute Gasteiger partial charge is 0.337 e. The monoisotopic (exact) mass is 343 g/mol. The minimum atomic E-state index is -0.148. The number of piperidine rings is 1. The molecule has 8 heteroatoms. The van der Waals surface area contributed by atoms with Crippen molar-refractivity contribution in [1.29, 1.82) is 0 Å². The zero-order chi connectivity index (χ0) is 17.5. The molecule has 2 N–H and O–H groups in total. The van der Waals surface area contributed by atoms with Crippen LogP contribution in [0, 0.1) is 5.92 Å². The van der Waals surface area contributed by atoms with Gasteiger partial charge in [-0.3, -0.25) is 0 Å². The lowest BCUT2D eigenvalue weighted by Gasteiger charge is -2.30. The summed E-state index contributed by atoms with van der Waals surface area (Å²) in [4.78, 5) is 22.5. The summed E-state index contributed by atoms with van der Waals surface area (Å²) in [6.07, 6.45) is 7.36. The number of nitrogens with one attached hydrogen (secondary N) is 2. The summed E-state index contributed by atoms with van der Waals surface area (Å²) in [7, 11) is 0. The van der Waals surface area contributed by atoms with Crippen LogP contribution in [0.15, 0.2) is 31.0 Å². The molecule has 0 unspecified atom stereocenters. The summed E-state index contributed by atoms with van der Waals surface area (Å²) < 4.78 is 1.59. The minimum absolute atomic E-state index is 0.148. The lowest BCUT2D eigenvalue weighted by Crippen LogP contribution is -2.42. The van der Waals surface area contributed by atoms with Crippen LogP contribution in [-0.2, 0) is 6.54 Å². The van der Waals surface area contributed by atoms with Gasteiger partial charge in [0.05, 0.1) is 0 Å². The van der Waals surface area contributed by atoms with E-state index in [0.717, 1.165) is 31.1 Å². The van der Waals surface area contributed by atoms with E-state index in [1.165, 1.54) is 19.2 Å². The molecule has 134 valence electrons. The average Bonchev–Trinajstić information content (AvgIpc) is 3.15. The summed E-state index contributed by atoms with van der Waals surface area (Å²) in [5.41, 5.74) is 0.934. The van der Waals surface area contributed by atoms with E-state index < -0.39 is 0 Å². The number of rotatable bonds is 6. The standard InChI is InChI=1S/C17H25N7O/c1-14-3-2-7-23(11-14)8-6-19-17(25)21-10-15-4-5-16(20-9-15)24-13-18-12-22-24/h4-5,9,12-14H,2-3,6-8,10-11H2,1H3,(H2,19,21,25)/t14-/m0/s1. The molecule has 8 nitrogen and oxygen atoms in total. The van der Waals surface area contributed by atoms with Gasteiger partial charge in [-0.2, -0.15) is 5.10 Å². The van der Waals surface area contributed by atoms with Gasteiger partial charge in [0.1, 0.15) is 12.7 Å². The number of likely N-dealkylation sites (tertiary alicyclic amines) is 1. The number of hydrogen-bond donors (Lipinski definition) is 2. The first-order chi connectivity index (χ1) is 12.2. The lowest BCUT2D eigenvalue weighted by atomic mass is 10.0. The molecule has 2 aromatic rings. The van der Waals surface area contributed by atoms with Crippen LogP contribution < -0.4 is 10.6 Å². The molecule has 0 spiro atoms. The highest BCUT2D eigenvalue weighted by Gasteiger charge is 2.15. The molecule has 0 saturated carbocycles. The van der Waals surface area contributed by atoms with Crippen molar-refractivity contribution in [1.82, 2.24) is 35.3 Å². The Bertz CT molecular complexity index is 656. The fraction of sp³-hybridized carbons (Fsp3) is 0.529. The van der Waals surface area contributed by atoms with Crippen LogP contribution in [0.25, 0.3) is 5.82 Å². The van der Waals surface area contributed by atoms with Crippen molar-refractivity contribution in [2.24, 2.45) is 5.92 Å². The van der Waals surface area contributed by atoms with Crippen LogP contribution in [0.2, 0.25) is 0 Å². The predicted molar refractivity (Wildman–Crippen MR) is 94.2 cm³/mol. The van der Waals surface area contributed by atoms with Crippen LogP contribution in [0.5, 0.6) is 0 Å². The zero-order valence-corrected chi connectivity index (χ0v) is 14.6. The summed E-state index contributed by atoms with van der Waals surface area (Å²) >= 11 is 0. The molecule has 3 rings (SSSR count). The number of pyridine rings is 1. The smallest absolute Gasteiger partial charge is 0.315 e. The maximum Gasteiger partial charge on any atom is 0.315 e. The second-order valence-electron chi connectivity index (χ2n) is 6.52. The number of hydrogen-bond acceptors (Lipinski definition) is 5. The lowest BCUT2D eigenvalue weighted by molar-refractivity contribution is 0.184. The summed E-state index contributed by atoms with van der Waals surface area (Å²) in [5, 5.41) is 9.80. The Kier molecular flexibility index (Phi) is 5.95. The van der Waals surface area contributed by atoms with Crippen molar-refractivity contribution in [3.63, 3.8) is 0 Å². The quantitative estimate of drug-likeness (QED) is 0.823. The molecule has 1 aliphatic heterocycles. The summed E-state index contributed by atoms with van der Waals surface area (Å²) in [5.74, 6) is 1.46.